The molecule has 0 aliphatic rings. The number of ether oxygens (including phenoxy) is 1. The Morgan fingerprint density at radius 3 is 2.84 bits per heavy atom. The lowest BCUT2D eigenvalue weighted by molar-refractivity contribution is 0.414. The van der Waals surface area contributed by atoms with Crippen molar-refractivity contribution in [1.29, 1.82) is 0 Å². The summed E-state index contributed by atoms with van der Waals surface area (Å²) in [6.07, 6.45) is 2.97. The molecule has 1 aromatic heterocycles. The van der Waals surface area contributed by atoms with Gasteiger partial charge in [-0.1, -0.05) is 34.1 Å². The minimum Gasteiger partial charge on any atom is -0.497 e. The van der Waals surface area contributed by atoms with Gasteiger partial charge < -0.3 is 9.72 Å². The molecular formula is C16H14BrNO. The summed E-state index contributed by atoms with van der Waals surface area (Å²) < 4.78 is 6.40. The lowest BCUT2D eigenvalue weighted by atomic mass is 10.0. The number of aromatic nitrogens is 1. The van der Waals surface area contributed by atoms with Crippen LogP contribution in [0.25, 0.3) is 10.9 Å². The second kappa shape index (κ2) is 5.10. The van der Waals surface area contributed by atoms with E-state index in [0.717, 1.165) is 22.2 Å². The van der Waals surface area contributed by atoms with Gasteiger partial charge in [0.15, 0.2) is 0 Å². The summed E-state index contributed by atoms with van der Waals surface area (Å²) in [6, 6.07) is 14.4. The van der Waals surface area contributed by atoms with E-state index in [2.05, 4.69) is 51.4 Å². The highest BCUT2D eigenvalue weighted by atomic mass is 79.9. The second-order valence-electron chi connectivity index (χ2n) is 4.50. The highest BCUT2D eigenvalue weighted by Crippen LogP contribution is 2.29. The summed E-state index contributed by atoms with van der Waals surface area (Å²) in [5, 5.41) is 1.25. The molecule has 3 rings (SSSR count). The van der Waals surface area contributed by atoms with E-state index in [0.29, 0.717) is 0 Å². The van der Waals surface area contributed by atoms with Crippen LogP contribution in [0.2, 0.25) is 0 Å². The molecule has 1 N–H and O–H groups in total. The second-order valence-corrected chi connectivity index (χ2v) is 5.36. The van der Waals surface area contributed by atoms with Crippen LogP contribution in [0, 0.1) is 0 Å². The molecule has 2 aromatic carbocycles. The number of halogens is 1. The highest BCUT2D eigenvalue weighted by molar-refractivity contribution is 9.10. The molecule has 0 unspecified atom stereocenters. The van der Waals surface area contributed by atoms with Crippen molar-refractivity contribution in [3.8, 4) is 5.75 Å². The largest absolute Gasteiger partial charge is 0.497 e. The lowest BCUT2D eigenvalue weighted by Crippen LogP contribution is -1.89. The van der Waals surface area contributed by atoms with Crippen LogP contribution in [-0.2, 0) is 6.42 Å². The Hall–Kier alpha value is -1.74. The predicted molar refractivity (Wildman–Crippen MR) is 81.8 cm³/mol. The summed E-state index contributed by atoms with van der Waals surface area (Å²) in [5.41, 5.74) is 3.69. The number of H-pyrrole nitrogens is 1. The molecule has 0 aliphatic carbocycles. The molecule has 0 saturated carbocycles. The van der Waals surface area contributed by atoms with Gasteiger partial charge >= 0.3 is 0 Å². The van der Waals surface area contributed by atoms with Crippen LogP contribution in [0.5, 0.6) is 5.75 Å². The molecule has 2 nitrogen and oxygen atoms in total. The minimum atomic E-state index is 0.889. The first-order valence-corrected chi connectivity index (χ1v) is 6.94. The SMILES string of the molecule is COc1cccc(Cc2c[nH]c3cccc(Br)c23)c1. The van der Waals surface area contributed by atoms with E-state index >= 15 is 0 Å². The number of hydrogen-bond donors (Lipinski definition) is 1. The molecule has 0 atom stereocenters. The quantitative estimate of drug-likeness (QED) is 0.754. The first-order valence-electron chi connectivity index (χ1n) is 6.15. The smallest absolute Gasteiger partial charge is 0.119 e. The van der Waals surface area contributed by atoms with Gasteiger partial charge in [0.2, 0.25) is 0 Å². The van der Waals surface area contributed by atoms with E-state index in [1.54, 1.807) is 7.11 Å². The average molecular weight is 316 g/mol. The third-order valence-corrected chi connectivity index (χ3v) is 3.93. The maximum atomic E-state index is 5.27. The first-order chi connectivity index (χ1) is 9.28. The monoisotopic (exact) mass is 315 g/mol. The van der Waals surface area contributed by atoms with Crippen molar-refractivity contribution in [2.45, 2.75) is 6.42 Å². The molecule has 0 saturated heterocycles. The van der Waals surface area contributed by atoms with Crippen LogP contribution in [-0.4, -0.2) is 12.1 Å². The molecule has 19 heavy (non-hydrogen) atoms. The van der Waals surface area contributed by atoms with Crippen LogP contribution in [0.3, 0.4) is 0 Å². The molecule has 96 valence electrons. The van der Waals surface area contributed by atoms with E-state index in [9.17, 15) is 0 Å². The van der Waals surface area contributed by atoms with Gasteiger partial charge in [0.05, 0.1) is 7.11 Å². The summed E-state index contributed by atoms with van der Waals surface area (Å²) in [7, 11) is 1.70. The molecule has 0 fully saturated rings. The number of methoxy groups -OCH3 is 1. The molecule has 0 spiro atoms. The Balaban J connectivity index is 2.01. The predicted octanol–water partition coefficient (Wildman–Crippen LogP) is 4.53. The standard InChI is InChI=1S/C16H14BrNO/c1-19-13-5-2-4-11(9-13)8-12-10-18-15-7-3-6-14(17)16(12)15/h2-7,9-10,18H,8H2,1H3. The Morgan fingerprint density at radius 1 is 1.16 bits per heavy atom. The molecule has 0 radical (unpaired) electrons. The van der Waals surface area contributed by atoms with E-state index in [1.165, 1.54) is 16.5 Å². The normalized spacial score (nSPS) is 10.8. The molecular weight excluding hydrogens is 302 g/mol. The van der Waals surface area contributed by atoms with Crippen LogP contribution in [0.1, 0.15) is 11.1 Å². The van der Waals surface area contributed by atoms with Gasteiger partial charge in [-0.25, -0.2) is 0 Å². The van der Waals surface area contributed by atoms with Gasteiger partial charge in [-0.2, -0.15) is 0 Å². The third kappa shape index (κ3) is 2.38. The zero-order valence-corrected chi connectivity index (χ0v) is 12.2. The molecule has 0 aliphatic heterocycles. The summed E-state index contributed by atoms with van der Waals surface area (Å²) >= 11 is 3.62. The minimum absolute atomic E-state index is 0.889. The lowest BCUT2D eigenvalue weighted by Gasteiger charge is -2.04. The van der Waals surface area contributed by atoms with Crippen molar-refractivity contribution < 1.29 is 4.74 Å². The molecule has 0 bridgehead atoms. The maximum absolute atomic E-state index is 5.27. The number of hydrogen-bond acceptors (Lipinski definition) is 1. The fraction of sp³-hybridized carbons (Fsp3) is 0.125. The van der Waals surface area contributed by atoms with Crippen LogP contribution >= 0.6 is 15.9 Å². The fourth-order valence-electron chi connectivity index (χ4n) is 2.35. The Labute approximate surface area is 120 Å². The number of aromatic amines is 1. The zero-order chi connectivity index (χ0) is 13.2. The zero-order valence-electron chi connectivity index (χ0n) is 10.6. The van der Waals surface area contributed by atoms with Crippen LogP contribution in [0.4, 0.5) is 0 Å². The van der Waals surface area contributed by atoms with Gasteiger partial charge in [0.25, 0.3) is 0 Å². The van der Waals surface area contributed by atoms with Crippen LogP contribution < -0.4 is 4.74 Å². The Bertz CT molecular complexity index is 718. The van der Waals surface area contributed by atoms with E-state index in [-0.39, 0.29) is 0 Å². The van der Waals surface area contributed by atoms with E-state index in [4.69, 9.17) is 4.74 Å². The molecule has 0 amide bonds. The number of nitrogens with one attached hydrogen (secondary N) is 1. The number of rotatable bonds is 3. The van der Waals surface area contributed by atoms with Crippen molar-refractivity contribution in [2.75, 3.05) is 7.11 Å². The summed E-state index contributed by atoms with van der Waals surface area (Å²) in [4.78, 5) is 3.32. The van der Waals surface area contributed by atoms with E-state index < -0.39 is 0 Å². The maximum Gasteiger partial charge on any atom is 0.119 e. The van der Waals surface area contributed by atoms with Gasteiger partial charge in [-0.3, -0.25) is 0 Å². The van der Waals surface area contributed by atoms with Crippen molar-refractivity contribution in [3.63, 3.8) is 0 Å². The topological polar surface area (TPSA) is 25.0 Å². The summed E-state index contributed by atoms with van der Waals surface area (Å²) in [6.45, 7) is 0. The van der Waals surface area contributed by atoms with Gasteiger partial charge in [-0.15, -0.1) is 0 Å². The Morgan fingerprint density at radius 2 is 2.00 bits per heavy atom. The van der Waals surface area contributed by atoms with Crippen molar-refractivity contribution in [1.82, 2.24) is 4.98 Å². The molecule has 1 heterocycles. The third-order valence-electron chi connectivity index (χ3n) is 3.27. The first kappa shape index (κ1) is 12.3. The van der Waals surface area contributed by atoms with E-state index in [1.807, 2.05) is 18.2 Å². The fourth-order valence-corrected chi connectivity index (χ4v) is 2.97. The van der Waals surface area contributed by atoms with Gasteiger partial charge in [0, 0.05) is 21.6 Å². The molecule has 3 heteroatoms. The Kier molecular flexibility index (Phi) is 3.30. The van der Waals surface area contributed by atoms with Crippen LogP contribution in [0.15, 0.2) is 53.1 Å². The van der Waals surface area contributed by atoms with Crippen molar-refractivity contribution in [3.05, 3.63) is 64.3 Å². The van der Waals surface area contributed by atoms with Crippen molar-refractivity contribution in [2.24, 2.45) is 0 Å². The average Bonchev–Trinajstić information content (AvgIpc) is 2.84. The van der Waals surface area contributed by atoms with Crippen molar-refractivity contribution >= 4 is 26.8 Å². The van der Waals surface area contributed by atoms with Gasteiger partial charge in [0.1, 0.15) is 5.75 Å². The molecule has 3 aromatic rings. The number of benzene rings is 2. The number of fused-ring (bicyclic) bond motifs is 1. The summed E-state index contributed by atoms with van der Waals surface area (Å²) in [5.74, 6) is 0.899. The highest BCUT2D eigenvalue weighted by Gasteiger charge is 2.08. The van der Waals surface area contributed by atoms with Gasteiger partial charge in [-0.05, 0) is 41.8 Å².